The van der Waals surface area contributed by atoms with Crippen LogP contribution < -0.4 is 10.6 Å². The monoisotopic (exact) mass is 365 g/mol. The molecule has 2 aromatic carbocycles. The molecule has 0 atom stereocenters. The molecule has 126 valence electrons. The van der Waals surface area contributed by atoms with Gasteiger partial charge in [0.05, 0.1) is 5.69 Å². The van der Waals surface area contributed by atoms with Gasteiger partial charge >= 0.3 is 0 Å². The number of benzene rings is 2. The molecule has 0 saturated heterocycles. The van der Waals surface area contributed by atoms with E-state index in [1.807, 2.05) is 18.2 Å². The van der Waals surface area contributed by atoms with Crippen LogP contribution in [0.3, 0.4) is 0 Å². The molecule has 0 amide bonds. The van der Waals surface area contributed by atoms with Crippen molar-refractivity contribution in [3.63, 3.8) is 0 Å². The number of aromatic nitrogens is 1. The Morgan fingerprint density at radius 3 is 2.52 bits per heavy atom. The van der Waals surface area contributed by atoms with Gasteiger partial charge in [0.2, 0.25) is 0 Å². The Morgan fingerprint density at radius 2 is 1.80 bits per heavy atom. The zero-order valence-electron chi connectivity index (χ0n) is 13.7. The SMILES string of the molecule is C=CCNC(=S)NCc1ccc(-c2nc(-c3ccccc3)cs2)cc1. The maximum atomic E-state index is 5.19. The standard InChI is InChI=1S/C20H19N3S2/c1-2-12-21-20(24)22-13-15-8-10-17(11-9-15)19-23-18(14-25-19)16-6-4-3-5-7-16/h2-11,14H,1,12-13H2,(H2,21,22,24). The Bertz CT molecular complexity index is 839. The fraction of sp³-hybridized carbons (Fsp3) is 0.100. The third-order valence-electron chi connectivity index (χ3n) is 3.63. The van der Waals surface area contributed by atoms with Gasteiger partial charge in [-0.2, -0.15) is 0 Å². The van der Waals surface area contributed by atoms with Crippen LogP contribution in [0.25, 0.3) is 21.8 Å². The van der Waals surface area contributed by atoms with E-state index in [1.165, 1.54) is 5.56 Å². The predicted octanol–water partition coefficient (Wildman–Crippen LogP) is 4.63. The molecule has 0 radical (unpaired) electrons. The fourth-order valence-corrected chi connectivity index (χ4v) is 3.31. The molecular formula is C20H19N3S2. The van der Waals surface area contributed by atoms with E-state index < -0.39 is 0 Å². The molecule has 3 aromatic rings. The van der Waals surface area contributed by atoms with Crippen molar-refractivity contribution in [3.8, 4) is 21.8 Å². The van der Waals surface area contributed by atoms with Gasteiger partial charge in [0.25, 0.3) is 0 Å². The summed E-state index contributed by atoms with van der Waals surface area (Å²) in [6.45, 7) is 5.01. The molecule has 0 aliphatic heterocycles. The maximum Gasteiger partial charge on any atom is 0.166 e. The molecular weight excluding hydrogens is 346 g/mol. The highest BCUT2D eigenvalue weighted by Crippen LogP contribution is 2.28. The quantitative estimate of drug-likeness (QED) is 0.493. The van der Waals surface area contributed by atoms with Crippen LogP contribution in [0.2, 0.25) is 0 Å². The molecule has 0 aliphatic rings. The number of nitrogens with zero attached hydrogens (tertiary/aromatic N) is 1. The van der Waals surface area contributed by atoms with Crippen molar-refractivity contribution in [3.05, 3.63) is 78.2 Å². The van der Waals surface area contributed by atoms with Crippen LogP contribution >= 0.6 is 23.6 Å². The van der Waals surface area contributed by atoms with Crippen LogP contribution in [0, 0.1) is 0 Å². The van der Waals surface area contributed by atoms with Crippen molar-refractivity contribution in [2.75, 3.05) is 6.54 Å². The van der Waals surface area contributed by atoms with E-state index in [9.17, 15) is 0 Å². The second kappa shape index (κ2) is 8.55. The number of thiocarbonyl (C=S) groups is 1. The van der Waals surface area contributed by atoms with Gasteiger partial charge in [0.1, 0.15) is 5.01 Å². The summed E-state index contributed by atoms with van der Waals surface area (Å²) in [4.78, 5) is 4.75. The molecule has 25 heavy (non-hydrogen) atoms. The normalized spacial score (nSPS) is 10.2. The average Bonchev–Trinajstić information content (AvgIpc) is 3.16. The Labute approximate surface area is 157 Å². The van der Waals surface area contributed by atoms with E-state index in [-0.39, 0.29) is 0 Å². The molecule has 1 aromatic heterocycles. The first-order valence-electron chi connectivity index (χ1n) is 7.99. The van der Waals surface area contributed by atoms with Gasteiger partial charge in [-0.15, -0.1) is 17.9 Å². The van der Waals surface area contributed by atoms with Crippen molar-refractivity contribution >= 4 is 28.7 Å². The van der Waals surface area contributed by atoms with E-state index in [0.717, 1.165) is 21.8 Å². The predicted molar refractivity (Wildman–Crippen MR) is 111 cm³/mol. The topological polar surface area (TPSA) is 37.0 Å². The molecule has 0 fully saturated rings. The summed E-state index contributed by atoms with van der Waals surface area (Å²) in [6.07, 6.45) is 1.78. The summed E-state index contributed by atoms with van der Waals surface area (Å²) in [5.74, 6) is 0. The molecule has 0 saturated carbocycles. The average molecular weight is 366 g/mol. The third kappa shape index (κ3) is 4.75. The Morgan fingerprint density at radius 1 is 1.04 bits per heavy atom. The Kier molecular flexibility index (Phi) is 5.93. The highest BCUT2D eigenvalue weighted by Gasteiger charge is 2.06. The first kappa shape index (κ1) is 17.3. The third-order valence-corrected chi connectivity index (χ3v) is 4.81. The van der Waals surface area contributed by atoms with Crippen LogP contribution in [0.5, 0.6) is 0 Å². The van der Waals surface area contributed by atoms with Crippen molar-refractivity contribution in [2.45, 2.75) is 6.54 Å². The van der Waals surface area contributed by atoms with Gasteiger partial charge < -0.3 is 10.6 Å². The van der Waals surface area contributed by atoms with Crippen molar-refractivity contribution in [1.29, 1.82) is 0 Å². The summed E-state index contributed by atoms with van der Waals surface area (Å²) < 4.78 is 0. The molecule has 1 heterocycles. The summed E-state index contributed by atoms with van der Waals surface area (Å²) in [5.41, 5.74) is 4.46. The van der Waals surface area contributed by atoms with Gasteiger partial charge in [-0.25, -0.2) is 4.98 Å². The molecule has 0 spiro atoms. The van der Waals surface area contributed by atoms with Gasteiger partial charge in [0.15, 0.2) is 5.11 Å². The van der Waals surface area contributed by atoms with Crippen LogP contribution in [0.15, 0.2) is 72.6 Å². The molecule has 5 heteroatoms. The lowest BCUT2D eigenvalue weighted by Crippen LogP contribution is -2.34. The molecule has 3 nitrogen and oxygen atoms in total. The number of nitrogens with one attached hydrogen (secondary N) is 2. The van der Waals surface area contributed by atoms with E-state index in [4.69, 9.17) is 17.2 Å². The van der Waals surface area contributed by atoms with Crippen molar-refractivity contribution in [1.82, 2.24) is 15.6 Å². The van der Waals surface area contributed by atoms with E-state index in [2.05, 4.69) is 59.0 Å². The molecule has 0 unspecified atom stereocenters. The summed E-state index contributed by atoms with van der Waals surface area (Å²) in [7, 11) is 0. The summed E-state index contributed by atoms with van der Waals surface area (Å²) in [6, 6.07) is 18.6. The maximum absolute atomic E-state index is 5.19. The van der Waals surface area contributed by atoms with Crippen LogP contribution in [-0.4, -0.2) is 16.6 Å². The van der Waals surface area contributed by atoms with E-state index >= 15 is 0 Å². The van der Waals surface area contributed by atoms with Gasteiger partial charge in [-0.1, -0.05) is 60.7 Å². The van der Waals surface area contributed by atoms with Crippen LogP contribution in [0.1, 0.15) is 5.56 Å². The smallest absolute Gasteiger partial charge is 0.166 e. The van der Waals surface area contributed by atoms with Gasteiger partial charge in [0, 0.05) is 29.6 Å². The lowest BCUT2D eigenvalue weighted by atomic mass is 10.1. The van der Waals surface area contributed by atoms with Crippen LogP contribution in [0.4, 0.5) is 0 Å². The van der Waals surface area contributed by atoms with E-state index in [0.29, 0.717) is 18.2 Å². The first-order valence-corrected chi connectivity index (χ1v) is 9.28. The lowest BCUT2D eigenvalue weighted by Gasteiger charge is -2.09. The fourth-order valence-electron chi connectivity index (χ4n) is 2.32. The van der Waals surface area contributed by atoms with Gasteiger partial charge in [-0.05, 0) is 17.8 Å². The Balaban J connectivity index is 1.64. The number of thiazole rings is 1. The molecule has 0 bridgehead atoms. The molecule has 2 N–H and O–H groups in total. The number of hydrogen-bond donors (Lipinski definition) is 2. The first-order chi connectivity index (χ1) is 12.3. The molecule has 0 aliphatic carbocycles. The van der Waals surface area contributed by atoms with E-state index in [1.54, 1.807) is 17.4 Å². The highest BCUT2D eigenvalue weighted by atomic mass is 32.1. The molecule has 3 rings (SSSR count). The lowest BCUT2D eigenvalue weighted by molar-refractivity contribution is 0.873. The van der Waals surface area contributed by atoms with Crippen molar-refractivity contribution in [2.24, 2.45) is 0 Å². The van der Waals surface area contributed by atoms with Crippen LogP contribution in [-0.2, 0) is 6.54 Å². The van der Waals surface area contributed by atoms with Gasteiger partial charge in [-0.3, -0.25) is 0 Å². The second-order valence-electron chi connectivity index (χ2n) is 5.45. The minimum absolute atomic E-state index is 0.636. The zero-order valence-corrected chi connectivity index (χ0v) is 15.4. The summed E-state index contributed by atoms with van der Waals surface area (Å²) >= 11 is 6.86. The minimum Gasteiger partial charge on any atom is -0.359 e. The number of hydrogen-bond acceptors (Lipinski definition) is 3. The summed E-state index contributed by atoms with van der Waals surface area (Å²) in [5, 5.41) is 10.00. The van der Waals surface area contributed by atoms with Crippen molar-refractivity contribution < 1.29 is 0 Å². The number of rotatable bonds is 6. The Hall–Kier alpha value is -2.50. The largest absolute Gasteiger partial charge is 0.359 e. The minimum atomic E-state index is 0.636. The zero-order chi connectivity index (χ0) is 17.5. The second-order valence-corrected chi connectivity index (χ2v) is 6.72. The highest BCUT2D eigenvalue weighted by molar-refractivity contribution is 7.80.